The molecular weight excluding hydrogens is 238 g/mol. The Kier molecular flexibility index (Phi) is 5.65. The minimum atomic E-state index is 0.151. The van der Waals surface area contributed by atoms with Crippen molar-refractivity contribution >= 4 is 17.4 Å². The molecule has 96 valence electrons. The zero-order chi connectivity index (χ0) is 12.8. The first kappa shape index (κ1) is 14.2. The smallest absolute Gasteiger partial charge is 0.137 e. The monoisotopic (exact) mass is 257 g/mol. The van der Waals surface area contributed by atoms with Crippen molar-refractivity contribution in [3.8, 4) is 0 Å². The molecule has 0 spiro atoms. The van der Waals surface area contributed by atoms with Gasteiger partial charge >= 0.3 is 0 Å². The van der Waals surface area contributed by atoms with Gasteiger partial charge in [-0.05, 0) is 20.8 Å². The molecule has 0 bridgehead atoms. The van der Waals surface area contributed by atoms with Crippen LogP contribution < -0.4 is 5.32 Å². The summed E-state index contributed by atoms with van der Waals surface area (Å²) in [6.45, 7) is 9.36. The van der Waals surface area contributed by atoms with Crippen LogP contribution >= 0.6 is 11.6 Å². The molecule has 0 amide bonds. The lowest BCUT2D eigenvalue weighted by molar-refractivity contribution is 0.0854. The number of anilines is 1. The maximum atomic E-state index is 6.05. The van der Waals surface area contributed by atoms with Gasteiger partial charge in [0.15, 0.2) is 0 Å². The lowest BCUT2D eigenvalue weighted by Gasteiger charge is -2.15. The van der Waals surface area contributed by atoms with Crippen molar-refractivity contribution in [2.24, 2.45) is 0 Å². The number of aromatic nitrogens is 2. The lowest BCUT2D eigenvalue weighted by Crippen LogP contribution is -2.21. The van der Waals surface area contributed by atoms with Gasteiger partial charge in [-0.2, -0.15) is 0 Å². The summed E-state index contributed by atoms with van der Waals surface area (Å²) in [6.07, 6.45) is 0.925. The van der Waals surface area contributed by atoms with Crippen molar-refractivity contribution < 1.29 is 4.74 Å². The normalized spacial score (nSPS) is 12.5. The van der Waals surface area contributed by atoms with Gasteiger partial charge < -0.3 is 10.1 Å². The van der Waals surface area contributed by atoms with Crippen LogP contribution in [0.4, 0.5) is 5.82 Å². The van der Waals surface area contributed by atoms with E-state index in [1.165, 1.54) is 0 Å². The van der Waals surface area contributed by atoms with Crippen molar-refractivity contribution in [1.29, 1.82) is 0 Å². The second-order valence-corrected chi connectivity index (χ2v) is 4.26. The van der Waals surface area contributed by atoms with Crippen LogP contribution in [0.15, 0.2) is 0 Å². The molecule has 0 radical (unpaired) electrons. The van der Waals surface area contributed by atoms with Gasteiger partial charge in [0, 0.05) is 25.1 Å². The predicted octanol–water partition coefficient (Wildman–Crippen LogP) is 2.84. The van der Waals surface area contributed by atoms with Crippen LogP contribution in [0.5, 0.6) is 0 Å². The summed E-state index contributed by atoms with van der Waals surface area (Å²) in [5, 5.41) is 3.77. The molecule has 1 atom stereocenters. The second kappa shape index (κ2) is 6.77. The fourth-order valence-corrected chi connectivity index (χ4v) is 1.63. The fourth-order valence-electron chi connectivity index (χ4n) is 1.45. The first-order chi connectivity index (χ1) is 8.08. The van der Waals surface area contributed by atoms with Gasteiger partial charge in [-0.3, -0.25) is 0 Å². The number of ether oxygens (including phenoxy) is 1. The minimum absolute atomic E-state index is 0.151. The largest absolute Gasteiger partial charge is 0.377 e. The van der Waals surface area contributed by atoms with Crippen LogP contribution in [0.3, 0.4) is 0 Å². The Hall–Kier alpha value is -0.870. The van der Waals surface area contributed by atoms with Gasteiger partial charge in [0.25, 0.3) is 0 Å². The van der Waals surface area contributed by atoms with E-state index >= 15 is 0 Å². The van der Waals surface area contributed by atoms with E-state index in [-0.39, 0.29) is 6.10 Å². The SMILES string of the molecule is CCOC(C)CNc1nc(CC)nc(Cl)c1C. The van der Waals surface area contributed by atoms with Crippen molar-refractivity contribution in [3.63, 3.8) is 0 Å². The highest BCUT2D eigenvalue weighted by Gasteiger charge is 2.09. The third kappa shape index (κ3) is 4.13. The van der Waals surface area contributed by atoms with Gasteiger partial charge in [-0.25, -0.2) is 9.97 Å². The average Bonchev–Trinajstić information content (AvgIpc) is 2.31. The molecule has 0 saturated heterocycles. The quantitative estimate of drug-likeness (QED) is 0.796. The number of rotatable bonds is 6. The van der Waals surface area contributed by atoms with Crippen LogP contribution in [0.1, 0.15) is 32.2 Å². The van der Waals surface area contributed by atoms with E-state index in [1.807, 2.05) is 27.7 Å². The van der Waals surface area contributed by atoms with Gasteiger partial charge in [0.2, 0.25) is 0 Å². The van der Waals surface area contributed by atoms with Crippen molar-refractivity contribution in [2.45, 2.75) is 40.2 Å². The molecule has 1 N–H and O–H groups in total. The Balaban J connectivity index is 2.72. The molecule has 0 aliphatic heterocycles. The zero-order valence-electron chi connectivity index (χ0n) is 10.9. The van der Waals surface area contributed by atoms with E-state index in [2.05, 4.69) is 15.3 Å². The molecule has 1 aromatic heterocycles. The third-order valence-corrected chi connectivity index (χ3v) is 2.83. The minimum Gasteiger partial charge on any atom is -0.377 e. The van der Waals surface area contributed by atoms with Gasteiger partial charge in [-0.15, -0.1) is 0 Å². The molecule has 0 fully saturated rings. The Labute approximate surface area is 108 Å². The Morgan fingerprint density at radius 3 is 2.65 bits per heavy atom. The van der Waals surface area contributed by atoms with Crippen LogP contribution in [0, 0.1) is 6.92 Å². The van der Waals surface area contributed by atoms with Crippen LogP contribution in [-0.4, -0.2) is 29.2 Å². The number of nitrogens with one attached hydrogen (secondary N) is 1. The number of hydrogen-bond acceptors (Lipinski definition) is 4. The van der Waals surface area contributed by atoms with Crippen LogP contribution in [0.2, 0.25) is 5.15 Å². The van der Waals surface area contributed by atoms with Crippen molar-refractivity contribution in [2.75, 3.05) is 18.5 Å². The molecule has 1 rings (SSSR count). The summed E-state index contributed by atoms with van der Waals surface area (Å²) in [7, 11) is 0. The van der Waals surface area contributed by atoms with Crippen molar-refractivity contribution in [3.05, 3.63) is 16.5 Å². The first-order valence-corrected chi connectivity index (χ1v) is 6.34. The number of hydrogen-bond donors (Lipinski definition) is 1. The topological polar surface area (TPSA) is 47.0 Å². The Morgan fingerprint density at radius 2 is 2.06 bits per heavy atom. The van der Waals surface area contributed by atoms with Crippen LogP contribution in [-0.2, 0) is 11.2 Å². The highest BCUT2D eigenvalue weighted by Crippen LogP contribution is 2.20. The molecule has 5 heteroatoms. The summed E-state index contributed by atoms with van der Waals surface area (Å²) in [6, 6.07) is 0. The zero-order valence-corrected chi connectivity index (χ0v) is 11.6. The number of halogens is 1. The van der Waals surface area contributed by atoms with Gasteiger partial charge in [0.1, 0.15) is 16.8 Å². The average molecular weight is 258 g/mol. The molecule has 0 saturated carbocycles. The van der Waals surface area contributed by atoms with E-state index < -0.39 is 0 Å². The predicted molar refractivity (Wildman–Crippen MR) is 70.7 cm³/mol. The molecule has 1 heterocycles. The van der Waals surface area contributed by atoms with Crippen LogP contribution in [0.25, 0.3) is 0 Å². The molecule has 4 nitrogen and oxygen atoms in total. The summed E-state index contributed by atoms with van der Waals surface area (Å²) in [5.74, 6) is 1.56. The molecule has 17 heavy (non-hydrogen) atoms. The van der Waals surface area contributed by atoms with E-state index in [9.17, 15) is 0 Å². The summed E-state index contributed by atoms with van der Waals surface area (Å²) in [4.78, 5) is 8.62. The molecule has 1 aromatic rings. The maximum Gasteiger partial charge on any atom is 0.137 e. The van der Waals surface area contributed by atoms with Crippen molar-refractivity contribution in [1.82, 2.24) is 9.97 Å². The highest BCUT2D eigenvalue weighted by atomic mass is 35.5. The summed E-state index contributed by atoms with van der Waals surface area (Å²) < 4.78 is 5.45. The Morgan fingerprint density at radius 1 is 1.35 bits per heavy atom. The van der Waals surface area contributed by atoms with E-state index in [0.29, 0.717) is 18.3 Å². The first-order valence-electron chi connectivity index (χ1n) is 5.96. The number of aryl methyl sites for hydroxylation is 1. The molecule has 0 aromatic carbocycles. The Bertz CT molecular complexity index is 371. The molecule has 0 aliphatic rings. The molecule has 1 unspecified atom stereocenters. The van der Waals surface area contributed by atoms with Gasteiger partial charge in [0.05, 0.1) is 6.10 Å². The second-order valence-electron chi connectivity index (χ2n) is 3.90. The number of nitrogens with zero attached hydrogens (tertiary/aromatic N) is 2. The standard InChI is InChI=1S/C12H20ClN3O/c1-5-10-15-11(13)9(4)12(16-10)14-7-8(3)17-6-2/h8H,5-7H2,1-4H3,(H,14,15,16). The molecule has 0 aliphatic carbocycles. The molecular formula is C12H20ClN3O. The van der Waals surface area contributed by atoms with E-state index in [4.69, 9.17) is 16.3 Å². The van der Waals surface area contributed by atoms with E-state index in [0.717, 1.165) is 23.6 Å². The summed E-state index contributed by atoms with van der Waals surface area (Å²) in [5.41, 5.74) is 0.882. The highest BCUT2D eigenvalue weighted by molar-refractivity contribution is 6.30. The summed E-state index contributed by atoms with van der Waals surface area (Å²) >= 11 is 6.05. The van der Waals surface area contributed by atoms with Gasteiger partial charge in [-0.1, -0.05) is 18.5 Å². The maximum absolute atomic E-state index is 6.05. The van der Waals surface area contributed by atoms with E-state index in [1.54, 1.807) is 0 Å². The fraction of sp³-hybridized carbons (Fsp3) is 0.667. The lowest BCUT2D eigenvalue weighted by atomic mass is 10.3. The third-order valence-electron chi connectivity index (χ3n) is 2.46.